The highest BCUT2D eigenvalue weighted by Gasteiger charge is 2.10. The van der Waals surface area contributed by atoms with Crippen LogP contribution in [0.5, 0.6) is 5.75 Å². The predicted octanol–water partition coefficient (Wildman–Crippen LogP) is 3.43. The Hall–Kier alpha value is -1.13. The number of hydrogen-bond donors (Lipinski definition) is 2. The third kappa shape index (κ3) is 5.88. The van der Waals surface area contributed by atoms with E-state index in [1.54, 1.807) is 6.07 Å². The third-order valence-corrected chi connectivity index (χ3v) is 3.27. The molecule has 0 bridgehead atoms. The minimum absolute atomic E-state index is 0.00697. The molecule has 3 nitrogen and oxygen atoms in total. The molecular formula is C16H26FNO2. The summed E-state index contributed by atoms with van der Waals surface area (Å²) in [5, 5.41) is 11.9. The van der Waals surface area contributed by atoms with E-state index in [1.165, 1.54) is 6.07 Å². The first-order valence-corrected chi connectivity index (χ1v) is 7.45. The minimum atomic E-state index is -0.226. The van der Waals surface area contributed by atoms with E-state index in [0.29, 0.717) is 17.9 Å². The van der Waals surface area contributed by atoms with E-state index in [4.69, 9.17) is 9.84 Å². The number of hydrogen-bond acceptors (Lipinski definition) is 3. The average Bonchev–Trinajstić information content (AvgIpc) is 2.43. The molecule has 4 heteroatoms. The predicted molar refractivity (Wildman–Crippen MR) is 79.5 cm³/mol. The van der Waals surface area contributed by atoms with Crippen LogP contribution in [0.1, 0.15) is 51.1 Å². The molecule has 2 N–H and O–H groups in total. The van der Waals surface area contributed by atoms with Gasteiger partial charge in [0.25, 0.3) is 0 Å². The van der Waals surface area contributed by atoms with Crippen LogP contribution >= 0.6 is 0 Å². The van der Waals surface area contributed by atoms with Crippen LogP contribution in [0.3, 0.4) is 0 Å². The van der Waals surface area contributed by atoms with Crippen LogP contribution < -0.4 is 10.1 Å². The number of nitrogens with one attached hydrogen (secondary N) is 1. The summed E-state index contributed by atoms with van der Waals surface area (Å²) < 4.78 is 19.5. The lowest BCUT2D eigenvalue weighted by Crippen LogP contribution is -2.18. The van der Waals surface area contributed by atoms with Gasteiger partial charge < -0.3 is 15.2 Å². The van der Waals surface area contributed by atoms with Crippen molar-refractivity contribution in [1.29, 1.82) is 0 Å². The number of ether oxygens (including phenoxy) is 1. The molecule has 0 aromatic heterocycles. The van der Waals surface area contributed by atoms with Gasteiger partial charge in [0, 0.05) is 24.3 Å². The third-order valence-electron chi connectivity index (χ3n) is 3.27. The molecule has 0 fully saturated rings. The maximum absolute atomic E-state index is 14.0. The van der Waals surface area contributed by atoms with Crippen molar-refractivity contribution in [2.75, 3.05) is 19.8 Å². The standard InChI is InChI=1S/C16H26FNO2/c1-3-18-13(2)15-9-8-14(12-16(15)17)20-11-7-5-4-6-10-19/h8-9,12-13,18-19H,3-7,10-11H2,1-2H3. The van der Waals surface area contributed by atoms with Crippen LogP contribution in [0.2, 0.25) is 0 Å². The lowest BCUT2D eigenvalue weighted by Gasteiger charge is -2.14. The molecule has 0 saturated carbocycles. The molecule has 1 rings (SSSR count). The Morgan fingerprint density at radius 3 is 2.65 bits per heavy atom. The van der Waals surface area contributed by atoms with Gasteiger partial charge in [-0.1, -0.05) is 19.4 Å². The van der Waals surface area contributed by atoms with Crippen LogP contribution in [-0.2, 0) is 0 Å². The summed E-state index contributed by atoms with van der Waals surface area (Å²) in [5.74, 6) is 0.355. The van der Waals surface area contributed by atoms with Crippen molar-refractivity contribution in [2.24, 2.45) is 0 Å². The zero-order valence-electron chi connectivity index (χ0n) is 12.5. The molecule has 0 spiro atoms. The highest BCUT2D eigenvalue weighted by atomic mass is 19.1. The van der Waals surface area contributed by atoms with Crippen molar-refractivity contribution in [3.63, 3.8) is 0 Å². The van der Waals surface area contributed by atoms with Gasteiger partial charge in [-0.2, -0.15) is 0 Å². The zero-order chi connectivity index (χ0) is 14.8. The molecule has 114 valence electrons. The summed E-state index contributed by atoms with van der Waals surface area (Å²) in [5.41, 5.74) is 0.669. The quantitative estimate of drug-likeness (QED) is 0.646. The second-order valence-electron chi connectivity index (χ2n) is 4.95. The van der Waals surface area contributed by atoms with Gasteiger partial charge in [-0.3, -0.25) is 0 Å². The molecule has 0 saturated heterocycles. The van der Waals surface area contributed by atoms with E-state index in [-0.39, 0.29) is 18.5 Å². The van der Waals surface area contributed by atoms with Gasteiger partial charge in [0.05, 0.1) is 6.61 Å². The van der Waals surface area contributed by atoms with E-state index < -0.39 is 0 Å². The Bertz CT molecular complexity index is 385. The molecule has 0 aliphatic rings. The van der Waals surface area contributed by atoms with Crippen LogP contribution in [0.15, 0.2) is 18.2 Å². The molecule has 0 aliphatic heterocycles. The first-order valence-electron chi connectivity index (χ1n) is 7.45. The topological polar surface area (TPSA) is 41.5 Å². The second-order valence-corrected chi connectivity index (χ2v) is 4.95. The highest BCUT2D eigenvalue weighted by molar-refractivity contribution is 5.30. The second kappa shape index (κ2) is 9.72. The highest BCUT2D eigenvalue weighted by Crippen LogP contribution is 2.22. The van der Waals surface area contributed by atoms with Gasteiger partial charge in [-0.25, -0.2) is 4.39 Å². The van der Waals surface area contributed by atoms with Crippen molar-refractivity contribution in [3.05, 3.63) is 29.6 Å². The van der Waals surface area contributed by atoms with E-state index in [9.17, 15) is 4.39 Å². The Morgan fingerprint density at radius 2 is 2.00 bits per heavy atom. The average molecular weight is 283 g/mol. The largest absolute Gasteiger partial charge is 0.493 e. The molecule has 20 heavy (non-hydrogen) atoms. The van der Waals surface area contributed by atoms with Gasteiger partial charge in [-0.15, -0.1) is 0 Å². The van der Waals surface area contributed by atoms with Crippen molar-refractivity contribution in [2.45, 2.75) is 45.6 Å². The van der Waals surface area contributed by atoms with Gasteiger partial charge in [0.1, 0.15) is 11.6 Å². The summed E-state index contributed by atoms with van der Waals surface area (Å²) in [6, 6.07) is 5.06. The number of aliphatic hydroxyl groups is 1. The molecular weight excluding hydrogens is 257 g/mol. The minimum Gasteiger partial charge on any atom is -0.493 e. The molecule has 0 aliphatic carbocycles. The summed E-state index contributed by atoms with van der Waals surface area (Å²) >= 11 is 0. The Balaban J connectivity index is 2.39. The fraction of sp³-hybridized carbons (Fsp3) is 0.625. The molecule has 1 aromatic rings. The van der Waals surface area contributed by atoms with E-state index in [1.807, 2.05) is 19.9 Å². The lowest BCUT2D eigenvalue weighted by molar-refractivity contribution is 0.273. The van der Waals surface area contributed by atoms with Crippen molar-refractivity contribution >= 4 is 0 Å². The van der Waals surface area contributed by atoms with Gasteiger partial charge >= 0.3 is 0 Å². The Labute approximate surface area is 121 Å². The van der Waals surface area contributed by atoms with Crippen molar-refractivity contribution in [3.8, 4) is 5.75 Å². The smallest absolute Gasteiger partial charge is 0.131 e. The van der Waals surface area contributed by atoms with Crippen molar-refractivity contribution in [1.82, 2.24) is 5.32 Å². The Kier molecular flexibility index (Phi) is 8.23. The number of benzene rings is 1. The van der Waals surface area contributed by atoms with Gasteiger partial charge in [0.15, 0.2) is 0 Å². The van der Waals surface area contributed by atoms with E-state index in [0.717, 1.165) is 32.2 Å². The van der Waals surface area contributed by atoms with Crippen LogP contribution in [0, 0.1) is 5.82 Å². The maximum Gasteiger partial charge on any atom is 0.131 e. The molecule has 1 unspecified atom stereocenters. The van der Waals surface area contributed by atoms with E-state index in [2.05, 4.69) is 5.32 Å². The number of unbranched alkanes of at least 4 members (excludes halogenated alkanes) is 3. The number of aliphatic hydroxyl groups excluding tert-OH is 1. The summed E-state index contributed by atoms with van der Waals surface area (Å²) in [6.07, 6.45) is 3.80. The normalized spacial score (nSPS) is 12.4. The van der Waals surface area contributed by atoms with Crippen LogP contribution in [0.25, 0.3) is 0 Å². The zero-order valence-corrected chi connectivity index (χ0v) is 12.5. The summed E-state index contributed by atoms with van der Waals surface area (Å²) in [6.45, 7) is 5.60. The molecule has 0 radical (unpaired) electrons. The van der Waals surface area contributed by atoms with Crippen LogP contribution in [0.4, 0.5) is 4.39 Å². The van der Waals surface area contributed by atoms with Gasteiger partial charge in [0.2, 0.25) is 0 Å². The molecule has 0 heterocycles. The van der Waals surface area contributed by atoms with E-state index >= 15 is 0 Å². The molecule has 1 atom stereocenters. The first-order chi connectivity index (χ1) is 9.69. The monoisotopic (exact) mass is 283 g/mol. The lowest BCUT2D eigenvalue weighted by atomic mass is 10.1. The first kappa shape index (κ1) is 16.9. The van der Waals surface area contributed by atoms with Crippen LogP contribution in [-0.4, -0.2) is 24.9 Å². The summed E-state index contributed by atoms with van der Waals surface area (Å²) in [7, 11) is 0. The Morgan fingerprint density at radius 1 is 1.25 bits per heavy atom. The maximum atomic E-state index is 14.0. The SMILES string of the molecule is CCNC(C)c1ccc(OCCCCCCO)cc1F. The van der Waals surface area contributed by atoms with Crippen molar-refractivity contribution < 1.29 is 14.2 Å². The molecule has 0 amide bonds. The summed E-state index contributed by atoms with van der Waals surface area (Å²) in [4.78, 5) is 0. The fourth-order valence-corrected chi connectivity index (χ4v) is 2.12. The van der Waals surface area contributed by atoms with Gasteiger partial charge in [-0.05, 0) is 38.8 Å². The molecule has 1 aromatic carbocycles. The fourth-order valence-electron chi connectivity index (χ4n) is 2.12. The number of halogens is 1. The number of rotatable bonds is 10.